The van der Waals surface area contributed by atoms with Gasteiger partial charge in [0.2, 0.25) is 0 Å². The van der Waals surface area contributed by atoms with Gasteiger partial charge in [-0.1, -0.05) is 68.5 Å². The van der Waals surface area contributed by atoms with Gasteiger partial charge in [0, 0.05) is 17.3 Å². The number of para-hydroxylation sites is 1. The number of benzene rings is 2. The van der Waals surface area contributed by atoms with Crippen molar-refractivity contribution in [3.05, 3.63) is 77.5 Å². The summed E-state index contributed by atoms with van der Waals surface area (Å²) in [6.07, 6.45) is 3.46. The number of nitrogens with one attached hydrogen (secondary N) is 2. The first-order chi connectivity index (χ1) is 10.3. The van der Waals surface area contributed by atoms with Crippen molar-refractivity contribution in [2.24, 2.45) is 0 Å². The molecule has 0 fully saturated rings. The lowest BCUT2D eigenvalue weighted by atomic mass is 9.95. The van der Waals surface area contributed by atoms with E-state index in [1.54, 1.807) is 0 Å². The second-order valence-corrected chi connectivity index (χ2v) is 5.55. The first kappa shape index (κ1) is 13.7. The van der Waals surface area contributed by atoms with E-state index < -0.39 is 0 Å². The molecular formula is C19H22N2. The van der Waals surface area contributed by atoms with E-state index in [0.717, 1.165) is 6.42 Å². The molecule has 0 saturated carbocycles. The summed E-state index contributed by atoms with van der Waals surface area (Å²) < 4.78 is 0. The van der Waals surface area contributed by atoms with Crippen molar-refractivity contribution in [3.63, 3.8) is 0 Å². The van der Waals surface area contributed by atoms with Crippen LogP contribution >= 0.6 is 0 Å². The van der Waals surface area contributed by atoms with Crippen LogP contribution in [0.3, 0.4) is 0 Å². The maximum Gasteiger partial charge on any atom is 0.123 e. The molecule has 108 valence electrons. The third-order valence-corrected chi connectivity index (χ3v) is 4.05. The van der Waals surface area contributed by atoms with Crippen LogP contribution in [0.2, 0.25) is 0 Å². The average molecular weight is 278 g/mol. The fraction of sp³-hybridized carbons (Fsp3) is 0.263. The second-order valence-electron chi connectivity index (χ2n) is 5.55. The summed E-state index contributed by atoms with van der Waals surface area (Å²) in [5.74, 6) is 0.410. The quantitative estimate of drug-likeness (QED) is 0.824. The van der Waals surface area contributed by atoms with Gasteiger partial charge in [0.05, 0.1) is 0 Å². The van der Waals surface area contributed by atoms with Gasteiger partial charge in [0.25, 0.3) is 0 Å². The van der Waals surface area contributed by atoms with Gasteiger partial charge in [-0.3, -0.25) is 0 Å². The highest BCUT2D eigenvalue weighted by Gasteiger charge is 2.18. The average Bonchev–Trinajstić information content (AvgIpc) is 2.53. The van der Waals surface area contributed by atoms with Gasteiger partial charge < -0.3 is 10.6 Å². The topological polar surface area (TPSA) is 24.1 Å². The van der Waals surface area contributed by atoms with Crippen molar-refractivity contribution in [1.29, 1.82) is 0 Å². The molecule has 0 saturated heterocycles. The molecule has 2 heteroatoms. The molecule has 2 N–H and O–H groups in total. The maximum atomic E-state index is 3.66. The molecule has 0 radical (unpaired) electrons. The number of anilines is 1. The number of allylic oxidation sites excluding steroid dienone is 2. The van der Waals surface area contributed by atoms with Gasteiger partial charge in [-0.25, -0.2) is 0 Å². The SMILES string of the molecule is CC/C1=C\C(C)c2ccccc2NC(c2ccccc2)N1. The fourth-order valence-corrected chi connectivity index (χ4v) is 2.87. The summed E-state index contributed by atoms with van der Waals surface area (Å²) >= 11 is 0. The van der Waals surface area contributed by atoms with E-state index in [4.69, 9.17) is 0 Å². The molecule has 1 heterocycles. The molecule has 1 aliphatic rings. The van der Waals surface area contributed by atoms with Crippen molar-refractivity contribution < 1.29 is 0 Å². The second kappa shape index (κ2) is 6.04. The highest BCUT2D eigenvalue weighted by molar-refractivity contribution is 5.56. The Labute approximate surface area is 126 Å². The summed E-state index contributed by atoms with van der Waals surface area (Å²) in [6.45, 7) is 4.45. The van der Waals surface area contributed by atoms with Crippen LogP contribution in [0.1, 0.15) is 43.5 Å². The number of hydrogen-bond acceptors (Lipinski definition) is 2. The third-order valence-electron chi connectivity index (χ3n) is 4.05. The molecule has 1 aliphatic heterocycles. The van der Waals surface area contributed by atoms with Gasteiger partial charge in [0.1, 0.15) is 6.17 Å². The zero-order valence-corrected chi connectivity index (χ0v) is 12.6. The van der Waals surface area contributed by atoms with Crippen LogP contribution < -0.4 is 10.6 Å². The molecule has 0 aliphatic carbocycles. The van der Waals surface area contributed by atoms with Crippen LogP contribution in [0.25, 0.3) is 0 Å². The van der Waals surface area contributed by atoms with E-state index in [0.29, 0.717) is 5.92 Å². The van der Waals surface area contributed by atoms with Gasteiger partial charge in [0.15, 0.2) is 0 Å². The molecule has 2 atom stereocenters. The molecule has 2 aromatic carbocycles. The summed E-state index contributed by atoms with van der Waals surface area (Å²) in [5, 5.41) is 7.30. The molecule has 2 unspecified atom stereocenters. The van der Waals surface area contributed by atoms with Crippen LogP contribution in [-0.2, 0) is 0 Å². The van der Waals surface area contributed by atoms with Crippen LogP contribution in [0, 0.1) is 0 Å². The highest BCUT2D eigenvalue weighted by atomic mass is 15.1. The van der Waals surface area contributed by atoms with Crippen LogP contribution in [0.5, 0.6) is 0 Å². The highest BCUT2D eigenvalue weighted by Crippen LogP contribution is 2.31. The molecule has 0 bridgehead atoms. The van der Waals surface area contributed by atoms with Crippen molar-refractivity contribution in [2.45, 2.75) is 32.4 Å². The monoisotopic (exact) mass is 278 g/mol. The van der Waals surface area contributed by atoms with Crippen LogP contribution in [-0.4, -0.2) is 0 Å². The van der Waals surface area contributed by atoms with E-state index in [1.807, 2.05) is 0 Å². The summed E-state index contributed by atoms with van der Waals surface area (Å²) in [4.78, 5) is 0. The normalized spacial score (nSPS) is 23.6. The Morgan fingerprint density at radius 3 is 2.38 bits per heavy atom. The molecule has 21 heavy (non-hydrogen) atoms. The predicted molar refractivity (Wildman–Crippen MR) is 89.2 cm³/mol. The van der Waals surface area contributed by atoms with Gasteiger partial charge in [-0.15, -0.1) is 0 Å². The van der Waals surface area contributed by atoms with E-state index in [9.17, 15) is 0 Å². The number of fused-ring (bicyclic) bond motifs is 1. The molecule has 2 aromatic rings. The van der Waals surface area contributed by atoms with E-state index >= 15 is 0 Å². The first-order valence-electron chi connectivity index (χ1n) is 7.65. The Bertz CT molecular complexity index is 631. The fourth-order valence-electron chi connectivity index (χ4n) is 2.87. The molecule has 0 aromatic heterocycles. The van der Waals surface area contributed by atoms with Crippen molar-refractivity contribution in [1.82, 2.24) is 5.32 Å². The molecule has 0 amide bonds. The Balaban J connectivity index is 2.03. The Morgan fingerprint density at radius 2 is 1.62 bits per heavy atom. The minimum absolute atomic E-state index is 0.103. The summed E-state index contributed by atoms with van der Waals surface area (Å²) in [7, 11) is 0. The third kappa shape index (κ3) is 2.94. The number of hydrogen-bond donors (Lipinski definition) is 2. The zero-order valence-electron chi connectivity index (χ0n) is 12.6. The summed E-state index contributed by atoms with van der Waals surface area (Å²) in [6, 6.07) is 19.1. The van der Waals surface area contributed by atoms with Crippen molar-refractivity contribution in [2.75, 3.05) is 5.32 Å². The number of rotatable bonds is 2. The van der Waals surface area contributed by atoms with Gasteiger partial charge in [-0.2, -0.15) is 0 Å². The lowest BCUT2D eigenvalue weighted by molar-refractivity contribution is 0.634. The Kier molecular flexibility index (Phi) is 3.96. The molecule has 2 nitrogen and oxygen atoms in total. The smallest absolute Gasteiger partial charge is 0.123 e. The molecular weight excluding hydrogens is 256 g/mol. The standard InChI is InChI=1S/C19H22N2/c1-3-16-13-14(2)17-11-7-8-12-18(17)21-19(20-16)15-9-5-4-6-10-15/h4-14,19-21H,3H2,1-2H3/b16-13+. The first-order valence-corrected chi connectivity index (χ1v) is 7.65. The maximum absolute atomic E-state index is 3.66. The summed E-state index contributed by atoms with van der Waals surface area (Å²) in [5.41, 5.74) is 5.10. The van der Waals surface area contributed by atoms with Gasteiger partial charge in [-0.05, 0) is 23.6 Å². The Morgan fingerprint density at radius 1 is 0.905 bits per heavy atom. The zero-order chi connectivity index (χ0) is 14.7. The van der Waals surface area contributed by atoms with E-state index in [1.165, 1.54) is 22.5 Å². The van der Waals surface area contributed by atoms with Gasteiger partial charge >= 0.3 is 0 Å². The molecule has 0 spiro atoms. The lowest BCUT2D eigenvalue weighted by Crippen LogP contribution is -2.29. The van der Waals surface area contributed by atoms with E-state index in [2.05, 4.69) is 85.2 Å². The van der Waals surface area contributed by atoms with Crippen molar-refractivity contribution in [3.8, 4) is 0 Å². The van der Waals surface area contributed by atoms with Crippen LogP contribution in [0.15, 0.2) is 66.4 Å². The molecule has 3 rings (SSSR count). The minimum atomic E-state index is 0.103. The van der Waals surface area contributed by atoms with Crippen molar-refractivity contribution >= 4 is 5.69 Å². The predicted octanol–water partition coefficient (Wildman–Crippen LogP) is 4.80. The van der Waals surface area contributed by atoms with Crippen LogP contribution in [0.4, 0.5) is 5.69 Å². The largest absolute Gasteiger partial charge is 0.365 e. The lowest BCUT2D eigenvalue weighted by Gasteiger charge is -2.29. The minimum Gasteiger partial charge on any atom is -0.365 e. The Hall–Kier alpha value is -2.22. The van der Waals surface area contributed by atoms with E-state index in [-0.39, 0.29) is 6.17 Å².